The topological polar surface area (TPSA) is 96.2 Å². The molecule has 0 aromatic heterocycles. The highest BCUT2D eigenvalue weighted by molar-refractivity contribution is 5.81. The standard InChI is InChI=1S/C7H12O4.C2H6O2/c1-2-7(9)11-6-5-10-4-3-8;3-1-2-4/h2,8H,1,3-6H2;3-4H,1-2H2. The molecule has 15 heavy (non-hydrogen) atoms. The van der Waals surface area contributed by atoms with Crippen LogP contribution in [0.25, 0.3) is 0 Å². The van der Waals surface area contributed by atoms with Crippen LogP contribution in [0.1, 0.15) is 0 Å². The Hall–Kier alpha value is -0.950. The van der Waals surface area contributed by atoms with Crippen LogP contribution in [0.15, 0.2) is 12.7 Å². The summed E-state index contributed by atoms with van der Waals surface area (Å²) in [6, 6.07) is 0. The maximum absolute atomic E-state index is 10.4. The van der Waals surface area contributed by atoms with Crippen LogP contribution in [0.5, 0.6) is 0 Å². The van der Waals surface area contributed by atoms with E-state index in [2.05, 4.69) is 11.3 Å². The van der Waals surface area contributed by atoms with Crippen molar-refractivity contribution in [2.24, 2.45) is 0 Å². The number of hydrogen-bond donors (Lipinski definition) is 3. The van der Waals surface area contributed by atoms with Crippen molar-refractivity contribution in [1.29, 1.82) is 0 Å². The largest absolute Gasteiger partial charge is 0.460 e. The molecule has 0 aromatic rings. The summed E-state index contributed by atoms with van der Waals surface area (Å²) < 4.78 is 9.39. The Balaban J connectivity index is 0. The van der Waals surface area contributed by atoms with Gasteiger partial charge in [-0.1, -0.05) is 6.58 Å². The number of carbonyl (C=O) groups excluding carboxylic acids is 1. The summed E-state index contributed by atoms with van der Waals surface area (Å²) in [5, 5.41) is 23.5. The number of aliphatic hydroxyl groups is 3. The first-order valence-electron chi connectivity index (χ1n) is 4.42. The highest BCUT2D eigenvalue weighted by Gasteiger charge is 1.93. The van der Waals surface area contributed by atoms with Gasteiger partial charge in [0.25, 0.3) is 0 Å². The van der Waals surface area contributed by atoms with E-state index in [4.69, 9.17) is 20.1 Å². The average molecular weight is 222 g/mol. The lowest BCUT2D eigenvalue weighted by atomic mass is 10.6. The molecule has 0 radical (unpaired) electrons. The lowest BCUT2D eigenvalue weighted by Gasteiger charge is -2.01. The summed E-state index contributed by atoms with van der Waals surface area (Å²) in [5.74, 6) is -0.461. The number of carbonyl (C=O) groups is 1. The van der Waals surface area contributed by atoms with Crippen LogP contribution in [0.4, 0.5) is 0 Å². The third-order valence-electron chi connectivity index (χ3n) is 0.974. The highest BCUT2D eigenvalue weighted by Crippen LogP contribution is 1.80. The molecule has 3 N–H and O–H groups in total. The van der Waals surface area contributed by atoms with Gasteiger partial charge >= 0.3 is 5.97 Å². The first kappa shape index (κ1) is 16.5. The van der Waals surface area contributed by atoms with Crippen LogP contribution in [-0.4, -0.2) is 60.9 Å². The van der Waals surface area contributed by atoms with Crippen molar-refractivity contribution < 1.29 is 29.6 Å². The van der Waals surface area contributed by atoms with Crippen molar-refractivity contribution in [1.82, 2.24) is 0 Å². The Labute approximate surface area is 88.7 Å². The number of hydrogen-bond acceptors (Lipinski definition) is 6. The van der Waals surface area contributed by atoms with Crippen molar-refractivity contribution in [2.45, 2.75) is 0 Å². The van der Waals surface area contributed by atoms with Crippen molar-refractivity contribution >= 4 is 5.97 Å². The van der Waals surface area contributed by atoms with E-state index in [0.29, 0.717) is 6.61 Å². The Kier molecular flexibility index (Phi) is 17.0. The van der Waals surface area contributed by atoms with Gasteiger partial charge in [-0.15, -0.1) is 0 Å². The molecule has 6 heteroatoms. The van der Waals surface area contributed by atoms with Crippen LogP contribution in [0, 0.1) is 0 Å². The van der Waals surface area contributed by atoms with Gasteiger partial charge in [-0.25, -0.2) is 4.79 Å². The van der Waals surface area contributed by atoms with E-state index < -0.39 is 5.97 Å². The quantitative estimate of drug-likeness (QED) is 0.281. The van der Waals surface area contributed by atoms with Crippen molar-refractivity contribution in [3.05, 3.63) is 12.7 Å². The number of ether oxygens (including phenoxy) is 2. The molecule has 0 bridgehead atoms. The predicted octanol–water partition coefficient (Wildman–Crippen LogP) is -1.30. The zero-order valence-electron chi connectivity index (χ0n) is 8.59. The molecule has 0 atom stereocenters. The zero-order valence-corrected chi connectivity index (χ0v) is 8.59. The molecule has 0 aromatic carbocycles. The SMILES string of the molecule is C=CC(=O)OCCOCCO.OCCO. The monoisotopic (exact) mass is 222 g/mol. The summed E-state index contributed by atoms with van der Waals surface area (Å²) in [6.07, 6.45) is 1.09. The van der Waals surface area contributed by atoms with Gasteiger partial charge in [-0.2, -0.15) is 0 Å². The Morgan fingerprint density at radius 1 is 1.07 bits per heavy atom. The molecular formula is C9H18O6. The maximum Gasteiger partial charge on any atom is 0.330 e. The molecule has 0 saturated carbocycles. The summed E-state index contributed by atoms with van der Waals surface area (Å²) in [5.41, 5.74) is 0. The molecule has 0 amide bonds. The molecule has 6 nitrogen and oxygen atoms in total. The molecule has 0 fully saturated rings. The normalized spacial score (nSPS) is 8.73. The van der Waals surface area contributed by atoms with E-state index in [1.807, 2.05) is 0 Å². The average Bonchev–Trinajstić information content (AvgIpc) is 2.28. The summed E-state index contributed by atoms with van der Waals surface area (Å²) >= 11 is 0. The first-order valence-corrected chi connectivity index (χ1v) is 4.42. The van der Waals surface area contributed by atoms with Gasteiger partial charge in [0.2, 0.25) is 0 Å². The van der Waals surface area contributed by atoms with Crippen LogP contribution in [0.3, 0.4) is 0 Å². The molecule has 0 heterocycles. The lowest BCUT2D eigenvalue weighted by molar-refractivity contribution is -0.139. The summed E-state index contributed by atoms with van der Waals surface area (Å²) in [4.78, 5) is 10.4. The van der Waals surface area contributed by atoms with Gasteiger partial charge in [0, 0.05) is 6.08 Å². The fraction of sp³-hybridized carbons (Fsp3) is 0.667. The Morgan fingerprint density at radius 2 is 1.67 bits per heavy atom. The molecule has 0 saturated heterocycles. The second-order valence-electron chi connectivity index (χ2n) is 2.15. The van der Waals surface area contributed by atoms with Crippen molar-refractivity contribution in [3.63, 3.8) is 0 Å². The number of esters is 1. The van der Waals surface area contributed by atoms with E-state index in [1.165, 1.54) is 0 Å². The third-order valence-corrected chi connectivity index (χ3v) is 0.974. The number of rotatable bonds is 7. The molecule has 0 unspecified atom stereocenters. The lowest BCUT2D eigenvalue weighted by Crippen LogP contribution is -2.09. The minimum Gasteiger partial charge on any atom is -0.460 e. The van der Waals surface area contributed by atoms with Crippen LogP contribution >= 0.6 is 0 Å². The predicted molar refractivity (Wildman–Crippen MR) is 53.2 cm³/mol. The number of aliphatic hydroxyl groups excluding tert-OH is 3. The third kappa shape index (κ3) is 19.5. The van der Waals surface area contributed by atoms with Gasteiger partial charge in [0.05, 0.1) is 33.0 Å². The summed E-state index contributed by atoms with van der Waals surface area (Å²) in [6.45, 7) is 3.73. The van der Waals surface area contributed by atoms with Crippen LogP contribution in [0.2, 0.25) is 0 Å². The van der Waals surface area contributed by atoms with Crippen molar-refractivity contribution in [3.8, 4) is 0 Å². The van der Waals surface area contributed by atoms with Gasteiger partial charge in [-0.05, 0) is 0 Å². The molecule has 0 spiro atoms. The van der Waals surface area contributed by atoms with E-state index in [9.17, 15) is 4.79 Å². The van der Waals surface area contributed by atoms with E-state index >= 15 is 0 Å². The molecule has 0 aliphatic carbocycles. The molecule has 0 aliphatic heterocycles. The van der Waals surface area contributed by atoms with Gasteiger partial charge in [0.1, 0.15) is 6.61 Å². The molecular weight excluding hydrogens is 204 g/mol. The fourth-order valence-electron chi connectivity index (χ4n) is 0.427. The molecule has 90 valence electrons. The fourth-order valence-corrected chi connectivity index (χ4v) is 0.427. The second kappa shape index (κ2) is 15.5. The smallest absolute Gasteiger partial charge is 0.330 e. The highest BCUT2D eigenvalue weighted by atomic mass is 16.6. The molecule has 0 rings (SSSR count). The maximum atomic E-state index is 10.4. The van der Waals surface area contributed by atoms with Gasteiger partial charge in [0.15, 0.2) is 0 Å². The second-order valence-corrected chi connectivity index (χ2v) is 2.15. The Bertz CT molecular complexity index is 146. The summed E-state index contributed by atoms with van der Waals surface area (Å²) in [7, 11) is 0. The van der Waals surface area contributed by atoms with E-state index in [1.54, 1.807) is 0 Å². The minimum absolute atomic E-state index is 0.0184. The molecule has 0 aliphatic rings. The van der Waals surface area contributed by atoms with E-state index in [0.717, 1.165) is 6.08 Å². The van der Waals surface area contributed by atoms with Crippen LogP contribution in [-0.2, 0) is 14.3 Å². The van der Waals surface area contributed by atoms with Crippen LogP contribution < -0.4 is 0 Å². The Morgan fingerprint density at radius 3 is 2.07 bits per heavy atom. The van der Waals surface area contributed by atoms with Crippen molar-refractivity contribution in [2.75, 3.05) is 39.6 Å². The first-order chi connectivity index (χ1) is 7.22. The van der Waals surface area contributed by atoms with Gasteiger partial charge in [-0.3, -0.25) is 0 Å². The zero-order chi connectivity index (χ0) is 11.9. The minimum atomic E-state index is -0.461. The van der Waals surface area contributed by atoms with Gasteiger partial charge < -0.3 is 24.8 Å². The van der Waals surface area contributed by atoms with E-state index in [-0.39, 0.29) is 33.0 Å².